The van der Waals surface area contributed by atoms with Crippen LogP contribution >= 0.6 is 0 Å². The van der Waals surface area contributed by atoms with Crippen molar-refractivity contribution in [2.24, 2.45) is 10.8 Å². The Morgan fingerprint density at radius 1 is 0.840 bits per heavy atom. The summed E-state index contributed by atoms with van der Waals surface area (Å²) in [6.07, 6.45) is 0.329. The molecule has 0 aliphatic carbocycles. The van der Waals surface area contributed by atoms with Gasteiger partial charge in [0.1, 0.15) is 17.1 Å². The molecular weight excluding hydrogens is 344 g/mol. The zero-order valence-electron chi connectivity index (χ0n) is 16.9. The smallest absolute Gasteiger partial charge is 0.311 e. The summed E-state index contributed by atoms with van der Waals surface area (Å²) < 4.78 is 26.2. The van der Waals surface area contributed by atoms with Crippen LogP contribution in [0.1, 0.15) is 48.0 Å². The van der Waals surface area contributed by atoms with Gasteiger partial charge < -0.3 is 23.4 Å². The molecule has 0 aromatic carbocycles. The molecule has 0 atom stereocenters. The predicted molar refractivity (Wildman–Crippen MR) is 97.0 cm³/mol. The molecule has 0 rings (SSSR count). The largest absolute Gasteiger partial charge is 0.469 e. The molecule has 0 heterocycles. The third kappa shape index (κ3) is 9.34. The summed E-state index contributed by atoms with van der Waals surface area (Å²) >= 11 is 0. The molecule has 0 unspecified atom stereocenters. The minimum absolute atomic E-state index is 0.154. The highest BCUT2D eigenvalue weighted by atomic mass is 28.2. The Balaban J connectivity index is 4.11. The van der Waals surface area contributed by atoms with Crippen molar-refractivity contribution in [3.8, 4) is 0 Å². The van der Waals surface area contributed by atoms with Gasteiger partial charge in [0.2, 0.25) is 0 Å². The Hall–Kier alpha value is -0.963. The second-order valence-electron chi connectivity index (χ2n) is 7.64. The van der Waals surface area contributed by atoms with E-state index in [0.29, 0.717) is 30.1 Å². The third-order valence-electron chi connectivity index (χ3n) is 3.80. The van der Waals surface area contributed by atoms with Gasteiger partial charge in [0.05, 0.1) is 37.8 Å². The maximum Gasteiger partial charge on any atom is 0.311 e. The van der Waals surface area contributed by atoms with Gasteiger partial charge in [-0.15, -0.1) is 0 Å². The van der Waals surface area contributed by atoms with Crippen molar-refractivity contribution in [2.75, 3.05) is 33.5 Å². The topological polar surface area (TPSA) is 80.3 Å². The molecule has 0 aromatic heterocycles. The lowest BCUT2D eigenvalue weighted by Crippen LogP contribution is -2.37. The first-order valence-corrected chi connectivity index (χ1v) is 9.22. The van der Waals surface area contributed by atoms with Crippen LogP contribution in [0.5, 0.6) is 0 Å². The zero-order chi connectivity index (χ0) is 19.7. The number of methoxy groups -OCH3 is 1. The van der Waals surface area contributed by atoms with Crippen molar-refractivity contribution in [1.29, 1.82) is 0 Å². The molecule has 0 fully saturated rings. The van der Waals surface area contributed by atoms with Crippen LogP contribution in [-0.2, 0) is 33.0 Å². The number of hydrogen-bond acceptors (Lipinski definition) is 7. The molecule has 0 saturated heterocycles. The van der Waals surface area contributed by atoms with Crippen LogP contribution in [0, 0.1) is 10.8 Å². The Morgan fingerprint density at radius 2 is 1.36 bits per heavy atom. The number of rotatable bonds is 12. The van der Waals surface area contributed by atoms with Gasteiger partial charge >= 0.3 is 11.9 Å². The van der Waals surface area contributed by atoms with E-state index in [1.807, 2.05) is 13.8 Å². The molecule has 0 N–H and O–H groups in total. The summed E-state index contributed by atoms with van der Waals surface area (Å²) in [4.78, 5) is 24.0. The first-order valence-electron chi connectivity index (χ1n) is 8.40. The molecule has 7 nitrogen and oxygen atoms in total. The second-order valence-corrected chi connectivity index (χ2v) is 8.05. The van der Waals surface area contributed by atoms with Crippen LogP contribution in [-0.4, -0.2) is 61.7 Å². The van der Waals surface area contributed by atoms with Gasteiger partial charge in [-0.25, -0.2) is 0 Å². The van der Waals surface area contributed by atoms with Crippen molar-refractivity contribution in [2.45, 2.75) is 53.8 Å². The van der Waals surface area contributed by atoms with E-state index in [2.05, 4.69) is 0 Å². The van der Waals surface area contributed by atoms with Crippen molar-refractivity contribution in [1.82, 2.24) is 0 Å². The Bertz CT molecular complexity index is 433. The molecule has 0 radical (unpaired) electrons. The standard InChI is InChI=1S/C17H34O7Si/c1-15(2,13(18)20-7)12-16(3,4)14(19)22-10-8-21-9-11-23-17(5,6)24-25/h8-12H2,1-7,25H3. The highest BCUT2D eigenvalue weighted by Crippen LogP contribution is 2.35. The highest BCUT2D eigenvalue weighted by molar-refractivity contribution is 5.98. The quantitative estimate of drug-likeness (QED) is 0.218. The summed E-state index contributed by atoms with van der Waals surface area (Å²) in [6, 6.07) is 0. The van der Waals surface area contributed by atoms with Gasteiger partial charge in [-0.1, -0.05) is 0 Å². The van der Waals surface area contributed by atoms with Gasteiger partial charge in [0.15, 0.2) is 5.79 Å². The van der Waals surface area contributed by atoms with Gasteiger partial charge in [-0.05, 0) is 48.0 Å². The number of hydrogen-bond donors (Lipinski definition) is 0. The van der Waals surface area contributed by atoms with Crippen LogP contribution < -0.4 is 0 Å². The van der Waals surface area contributed by atoms with Gasteiger partial charge in [0, 0.05) is 0 Å². The Kier molecular flexibility index (Phi) is 9.86. The fraction of sp³-hybridized carbons (Fsp3) is 0.882. The number of esters is 2. The fourth-order valence-electron chi connectivity index (χ4n) is 2.42. The SMILES string of the molecule is COC(=O)C(C)(C)CC(C)(C)C(=O)OCCOCCOC(C)(C)O[SiH3]. The lowest BCUT2D eigenvalue weighted by molar-refractivity contribution is -0.166. The lowest BCUT2D eigenvalue weighted by atomic mass is 9.75. The van der Waals surface area contributed by atoms with E-state index in [-0.39, 0.29) is 25.2 Å². The van der Waals surface area contributed by atoms with E-state index >= 15 is 0 Å². The van der Waals surface area contributed by atoms with Crippen molar-refractivity contribution in [3.63, 3.8) is 0 Å². The third-order valence-corrected chi connectivity index (χ3v) is 4.79. The van der Waals surface area contributed by atoms with Crippen LogP contribution in [0.25, 0.3) is 0 Å². The normalized spacial score (nSPS) is 12.9. The first kappa shape index (κ1) is 24.0. The minimum Gasteiger partial charge on any atom is -0.469 e. The molecule has 148 valence electrons. The molecule has 0 amide bonds. The molecule has 0 aliphatic rings. The number of carbonyl (C=O) groups excluding carboxylic acids is 2. The van der Waals surface area contributed by atoms with Crippen molar-refractivity contribution in [3.05, 3.63) is 0 Å². The lowest BCUT2D eigenvalue weighted by Gasteiger charge is -2.31. The minimum atomic E-state index is -0.798. The highest BCUT2D eigenvalue weighted by Gasteiger charge is 2.40. The maximum absolute atomic E-state index is 12.2. The predicted octanol–water partition coefficient (Wildman–Crippen LogP) is 1.21. The molecular formula is C17H34O7Si. The number of ether oxygens (including phenoxy) is 4. The molecule has 0 aromatic rings. The van der Waals surface area contributed by atoms with Gasteiger partial charge in [0.25, 0.3) is 0 Å². The van der Waals surface area contributed by atoms with Gasteiger partial charge in [-0.2, -0.15) is 0 Å². The van der Waals surface area contributed by atoms with Crippen LogP contribution in [0.2, 0.25) is 0 Å². The summed E-state index contributed by atoms with van der Waals surface area (Å²) in [5, 5.41) is 0. The average Bonchev–Trinajstić information content (AvgIpc) is 2.51. The van der Waals surface area contributed by atoms with E-state index in [0.717, 1.165) is 0 Å². The summed E-state index contributed by atoms with van der Waals surface area (Å²) in [5.74, 6) is -1.30. The van der Waals surface area contributed by atoms with E-state index < -0.39 is 16.6 Å². The van der Waals surface area contributed by atoms with Crippen LogP contribution in [0.15, 0.2) is 0 Å². The summed E-state index contributed by atoms with van der Waals surface area (Å²) in [6.45, 7) is 11.9. The second kappa shape index (κ2) is 10.3. The molecule has 0 spiro atoms. The maximum atomic E-state index is 12.2. The fourth-order valence-corrected chi connectivity index (χ4v) is 2.54. The average molecular weight is 379 g/mol. The van der Waals surface area contributed by atoms with Gasteiger partial charge in [-0.3, -0.25) is 9.59 Å². The van der Waals surface area contributed by atoms with E-state index in [1.165, 1.54) is 7.11 Å². The Morgan fingerprint density at radius 3 is 1.88 bits per heavy atom. The summed E-state index contributed by atoms with van der Waals surface area (Å²) in [7, 11) is 1.94. The first-order chi connectivity index (χ1) is 11.4. The van der Waals surface area contributed by atoms with E-state index in [4.69, 9.17) is 23.4 Å². The molecule has 0 aliphatic heterocycles. The van der Waals surface area contributed by atoms with E-state index in [1.54, 1.807) is 27.7 Å². The molecule has 25 heavy (non-hydrogen) atoms. The summed E-state index contributed by atoms with van der Waals surface area (Å²) in [5.41, 5.74) is -1.56. The van der Waals surface area contributed by atoms with Crippen molar-refractivity contribution >= 4 is 22.4 Å². The molecule has 0 saturated carbocycles. The zero-order valence-corrected chi connectivity index (χ0v) is 18.9. The van der Waals surface area contributed by atoms with Crippen LogP contribution in [0.3, 0.4) is 0 Å². The number of carbonyl (C=O) groups is 2. The van der Waals surface area contributed by atoms with Crippen molar-refractivity contribution < 1.29 is 33.0 Å². The monoisotopic (exact) mass is 378 g/mol. The molecule has 8 heteroatoms. The van der Waals surface area contributed by atoms with E-state index in [9.17, 15) is 9.59 Å². The Labute approximate surface area is 154 Å². The van der Waals surface area contributed by atoms with Crippen LogP contribution in [0.4, 0.5) is 0 Å². The molecule has 0 bridgehead atoms.